The highest BCUT2D eigenvalue weighted by atomic mass is 127. The number of aliphatic imine (C=N–C) groups is 1. The van der Waals surface area contributed by atoms with Crippen LogP contribution in [0.3, 0.4) is 0 Å². The van der Waals surface area contributed by atoms with E-state index in [-0.39, 0.29) is 35.2 Å². The molecule has 1 aromatic rings. The van der Waals surface area contributed by atoms with E-state index < -0.39 is 0 Å². The van der Waals surface area contributed by atoms with Crippen molar-refractivity contribution < 1.29 is 9.13 Å². The molecule has 0 aliphatic heterocycles. The van der Waals surface area contributed by atoms with Crippen molar-refractivity contribution in [1.82, 2.24) is 15.5 Å². The lowest BCUT2D eigenvalue weighted by Crippen LogP contribution is -2.44. The molecule has 2 aliphatic rings. The molecule has 1 aromatic carbocycles. The first kappa shape index (κ1) is 22.4. The second kappa shape index (κ2) is 10.6. The van der Waals surface area contributed by atoms with Gasteiger partial charge in [0.15, 0.2) is 5.96 Å². The summed E-state index contributed by atoms with van der Waals surface area (Å²) in [6.45, 7) is 4.28. The third kappa shape index (κ3) is 6.29. The van der Waals surface area contributed by atoms with E-state index in [4.69, 9.17) is 4.74 Å². The summed E-state index contributed by atoms with van der Waals surface area (Å²) < 4.78 is 19.3. The molecule has 2 fully saturated rings. The molecule has 152 valence electrons. The van der Waals surface area contributed by atoms with Crippen LogP contribution in [0.4, 0.5) is 4.39 Å². The van der Waals surface area contributed by atoms with E-state index in [9.17, 15) is 4.39 Å². The van der Waals surface area contributed by atoms with Gasteiger partial charge in [-0.25, -0.2) is 4.39 Å². The van der Waals surface area contributed by atoms with E-state index in [2.05, 4.69) is 20.5 Å². The van der Waals surface area contributed by atoms with Gasteiger partial charge in [-0.15, -0.1) is 24.0 Å². The number of hydrogen-bond acceptors (Lipinski definition) is 3. The molecule has 0 heterocycles. The van der Waals surface area contributed by atoms with Crippen molar-refractivity contribution in [3.05, 3.63) is 35.6 Å². The summed E-state index contributed by atoms with van der Waals surface area (Å²) in [6, 6.07) is 7.84. The van der Waals surface area contributed by atoms with E-state index >= 15 is 0 Å². The Labute approximate surface area is 179 Å². The van der Waals surface area contributed by atoms with Gasteiger partial charge >= 0.3 is 0 Å². The van der Waals surface area contributed by atoms with Gasteiger partial charge in [0, 0.05) is 51.8 Å². The van der Waals surface area contributed by atoms with Gasteiger partial charge in [-0.2, -0.15) is 0 Å². The second-order valence-electron chi connectivity index (χ2n) is 7.37. The number of hydrogen-bond donors (Lipinski definition) is 2. The molecule has 2 saturated carbocycles. The number of halogens is 2. The Balaban J connectivity index is 0.00000261. The van der Waals surface area contributed by atoms with Crippen molar-refractivity contribution in [3.63, 3.8) is 0 Å². The summed E-state index contributed by atoms with van der Waals surface area (Å²) in [5.74, 6) is 0.683. The molecule has 0 saturated heterocycles. The van der Waals surface area contributed by atoms with Crippen LogP contribution in [0.2, 0.25) is 0 Å². The first-order chi connectivity index (χ1) is 12.7. The Morgan fingerprint density at radius 1 is 1.26 bits per heavy atom. The average Bonchev–Trinajstić information content (AvgIpc) is 3.55. The lowest BCUT2D eigenvalue weighted by Gasteiger charge is -2.23. The number of methoxy groups -OCH3 is 1. The van der Waals surface area contributed by atoms with Crippen LogP contribution in [0, 0.1) is 5.82 Å². The van der Waals surface area contributed by atoms with Gasteiger partial charge in [-0.1, -0.05) is 18.2 Å². The molecule has 3 rings (SSSR count). The number of ether oxygens (including phenoxy) is 1. The Morgan fingerprint density at radius 2 is 2.00 bits per heavy atom. The zero-order valence-electron chi connectivity index (χ0n) is 16.3. The zero-order chi connectivity index (χ0) is 18.4. The maximum absolute atomic E-state index is 14.1. The zero-order valence-corrected chi connectivity index (χ0v) is 18.7. The normalized spacial score (nSPS) is 18.1. The predicted octanol–water partition coefficient (Wildman–Crippen LogP) is 2.75. The SMILES string of the molecule is CN=C(NCCN(CCOC)C1CC1)NCC1(c2ccccc2F)CC1.I. The summed E-state index contributed by atoms with van der Waals surface area (Å²) in [7, 11) is 3.53. The fourth-order valence-electron chi connectivity index (χ4n) is 3.50. The highest BCUT2D eigenvalue weighted by Crippen LogP contribution is 2.48. The Kier molecular flexibility index (Phi) is 8.75. The molecular weight excluding hydrogens is 458 g/mol. The molecule has 0 radical (unpaired) electrons. The minimum atomic E-state index is -0.104. The average molecular weight is 490 g/mol. The molecule has 0 aromatic heterocycles. The number of rotatable bonds is 10. The van der Waals surface area contributed by atoms with Crippen LogP contribution in [0.15, 0.2) is 29.3 Å². The van der Waals surface area contributed by atoms with Crippen molar-refractivity contribution in [2.24, 2.45) is 4.99 Å². The van der Waals surface area contributed by atoms with Gasteiger partial charge in [-0.3, -0.25) is 9.89 Å². The summed E-state index contributed by atoms with van der Waals surface area (Å²) in [6.07, 6.45) is 4.62. The lowest BCUT2D eigenvalue weighted by molar-refractivity contribution is 0.144. The van der Waals surface area contributed by atoms with Crippen molar-refractivity contribution in [1.29, 1.82) is 0 Å². The predicted molar refractivity (Wildman–Crippen MR) is 119 cm³/mol. The highest BCUT2D eigenvalue weighted by molar-refractivity contribution is 14.0. The van der Waals surface area contributed by atoms with Gasteiger partial charge in [-0.05, 0) is 37.3 Å². The molecule has 2 N–H and O–H groups in total. The summed E-state index contributed by atoms with van der Waals surface area (Å²) >= 11 is 0. The molecule has 0 amide bonds. The van der Waals surface area contributed by atoms with Crippen molar-refractivity contribution >= 4 is 29.9 Å². The van der Waals surface area contributed by atoms with E-state index in [1.54, 1.807) is 26.3 Å². The number of nitrogens with zero attached hydrogens (tertiary/aromatic N) is 2. The van der Waals surface area contributed by atoms with E-state index in [1.165, 1.54) is 12.8 Å². The summed E-state index contributed by atoms with van der Waals surface area (Å²) in [5, 5.41) is 6.78. The van der Waals surface area contributed by atoms with E-state index in [0.717, 1.165) is 56.6 Å². The second-order valence-corrected chi connectivity index (χ2v) is 7.37. The first-order valence-electron chi connectivity index (χ1n) is 9.61. The van der Waals surface area contributed by atoms with Crippen LogP contribution in [0.5, 0.6) is 0 Å². The van der Waals surface area contributed by atoms with Gasteiger partial charge in [0.25, 0.3) is 0 Å². The molecule has 5 nitrogen and oxygen atoms in total. The fourth-order valence-corrected chi connectivity index (χ4v) is 3.50. The van der Waals surface area contributed by atoms with Crippen LogP contribution in [0.1, 0.15) is 31.2 Å². The van der Waals surface area contributed by atoms with Crippen LogP contribution in [-0.2, 0) is 10.2 Å². The molecule has 0 bridgehead atoms. The minimum absolute atomic E-state index is 0. The lowest BCUT2D eigenvalue weighted by atomic mass is 9.95. The fraction of sp³-hybridized carbons (Fsp3) is 0.650. The third-order valence-corrected chi connectivity index (χ3v) is 5.45. The van der Waals surface area contributed by atoms with Crippen molar-refractivity contribution in [3.8, 4) is 0 Å². The topological polar surface area (TPSA) is 48.9 Å². The van der Waals surface area contributed by atoms with Crippen LogP contribution < -0.4 is 10.6 Å². The monoisotopic (exact) mass is 490 g/mol. The summed E-state index contributed by atoms with van der Waals surface area (Å²) in [4.78, 5) is 6.79. The number of guanidine groups is 1. The third-order valence-electron chi connectivity index (χ3n) is 5.45. The molecule has 0 spiro atoms. The first-order valence-corrected chi connectivity index (χ1v) is 9.61. The quantitative estimate of drug-likeness (QED) is 0.301. The summed E-state index contributed by atoms with van der Waals surface area (Å²) in [5.41, 5.74) is 0.740. The van der Waals surface area contributed by atoms with Gasteiger partial charge in [0.2, 0.25) is 0 Å². The maximum atomic E-state index is 14.1. The van der Waals surface area contributed by atoms with Crippen LogP contribution in [-0.4, -0.2) is 63.8 Å². The minimum Gasteiger partial charge on any atom is -0.383 e. The molecule has 7 heteroatoms. The van der Waals surface area contributed by atoms with Crippen LogP contribution in [0.25, 0.3) is 0 Å². The molecule has 0 atom stereocenters. The van der Waals surface area contributed by atoms with E-state index in [1.807, 2.05) is 12.1 Å². The van der Waals surface area contributed by atoms with Gasteiger partial charge in [0.1, 0.15) is 5.82 Å². The Hall–Kier alpha value is -0.930. The highest BCUT2D eigenvalue weighted by Gasteiger charge is 2.45. The maximum Gasteiger partial charge on any atom is 0.191 e. The van der Waals surface area contributed by atoms with Crippen molar-refractivity contribution in [2.45, 2.75) is 37.1 Å². The number of benzene rings is 1. The van der Waals surface area contributed by atoms with Gasteiger partial charge < -0.3 is 15.4 Å². The molecule has 27 heavy (non-hydrogen) atoms. The van der Waals surface area contributed by atoms with E-state index in [0.29, 0.717) is 6.54 Å². The standard InChI is InChI=1S/C20H31FN4O.HI/c1-22-19(23-11-12-25(13-14-26-2)16-7-8-16)24-15-20(9-10-20)17-5-3-4-6-18(17)21;/h3-6,16H,7-15H2,1-2H3,(H2,22,23,24);1H. The number of nitrogens with one attached hydrogen (secondary N) is 2. The van der Waals surface area contributed by atoms with Crippen molar-refractivity contribution in [2.75, 3.05) is 46.9 Å². The molecule has 2 aliphatic carbocycles. The smallest absolute Gasteiger partial charge is 0.191 e. The molecule has 0 unspecified atom stereocenters. The Bertz CT molecular complexity index is 620. The Morgan fingerprint density at radius 3 is 2.59 bits per heavy atom. The van der Waals surface area contributed by atoms with Gasteiger partial charge in [0.05, 0.1) is 6.61 Å². The van der Waals surface area contributed by atoms with Crippen LogP contribution >= 0.6 is 24.0 Å². The molecular formula is C20H32FIN4O. The largest absolute Gasteiger partial charge is 0.383 e.